The Morgan fingerprint density at radius 3 is 2.39 bits per heavy atom. The lowest BCUT2D eigenvalue weighted by Crippen LogP contribution is -2.08. The van der Waals surface area contributed by atoms with E-state index >= 15 is 0 Å². The zero-order valence-electron chi connectivity index (χ0n) is 9.39. The molecule has 0 aliphatic rings. The fourth-order valence-corrected chi connectivity index (χ4v) is 1.47. The molecule has 18 heavy (non-hydrogen) atoms. The maximum Gasteiger partial charge on any atom is 0.417 e. The molecule has 0 spiro atoms. The van der Waals surface area contributed by atoms with Gasteiger partial charge in [-0.3, -0.25) is 9.67 Å². The summed E-state index contributed by atoms with van der Waals surface area (Å²) in [6, 6.07) is 3.60. The van der Waals surface area contributed by atoms with E-state index in [0.29, 0.717) is 11.9 Å². The minimum absolute atomic E-state index is 0.127. The standard InChI is InChI=1S/C11H10F3N3O/c1-17-5-4-9(16-17)10(18)8-3-2-7(6-15-8)11(12,13)14/h2-6,10,18H,1H3. The van der Waals surface area contributed by atoms with E-state index < -0.39 is 17.8 Å². The Balaban J connectivity index is 2.24. The summed E-state index contributed by atoms with van der Waals surface area (Å²) < 4.78 is 38.5. The van der Waals surface area contributed by atoms with Crippen LogP contribution in [0.2, 0.25) is 0 Å². The molecule has 96 valence electrons. The van der Waals surface area contributed by atoms with Crippen LogP contribution in [0.15, 0.2) is 30.6 Å². The topological polar surface area (TPSA) is 50.9 Å². The van der Waals surface area contributed by atoms with Crippen molar-refractivity contribution < 1.29 is 18.3 Å². The molecule has 1 N–H and O–H groups in total. The van der Waals surface area contributed by atoms with Crippen molar-refractivity contribution in [3.8, 4) is 0 Å². The number of aromatic nitrogens is 3. The summed E-state index contributed by atoms with van der Waals surface area (Å²) in [5, 5.41) is 13.8. The van der Waals surface area contributed by atoms with Crippen molar-refractivity contribution in [1.82, 2.24) is 14.8 Å². The summed E-state index contributed by atoms with van der Waals surface area (Å²) in [5.74, 6) is 0. The monoisotopic (exact) mass is 257 g/mol. The van der Waals surface area contributed by atoms with Gasteiger partial charge in [0.2, 0.25) is 0 Å². The molecule has 0 radical (unpaired) electrons. The molecule has 7 heteroatoms. The smallest absolute Gasteiger partial charge is 0.380 e. The number of pyridine rings is 1. The number of aliphatic hydroxyl groups excluding tert-OH is 1. The first-order valence-corrected chi connectivity index (χ1v) is 5.08. The molecule has 0 bridgehead atoms. The molecular formula is C11H10F3N3O. The van der Waals surface area contributed by atoms with Gasteiger partial charge in [-0.2, -0.15) is 18.3 Å². The molecule has 0 aliphatic heterocycles. The van der Waals surface area contributed by atoms with Crippen molar-refractivity contribution >= 4 is 0 Å². The molecule has 0 saturated heterocycles. The third-order valence-corrected chi connectivity index (χ3v) is 2.41. The Morgan fingerprint density at radius 1 is 1.22 bits per heavy atom. The Bertz CT molecular complexity index is 533. The third kappa shape index (κ3) is 2.51. The predicted molar refractivity (Wildman–Crippen MR) is 56.5 cm³/mol. The van der Waals surface area contributed by atoms with E-state index in [-0.39, 0.29) is 5.69 Å². The van der Waals surface area contributed by atoms with Crippen molar-refractivity contribution in [3.63, 3.8) is 0 Å². The fraction of sp³-hybridized carbons (Fsp3) is 0.273. The second-order valence-corrected chi connectivity index (χ2v) is 3.79. The Hall–Kier alpha value is -1.89. The van der Waals surface area contributed by atoms with E-state index in [1.165, 1.54) is 4.68 Å². The van der Waals surface area contributed by atoms with Crippen LogP contribution < -0.4 is 0 Å². The van der Waals surface area contributed by atoms with Crippen molar-refractivity contribution in [3.05, 3.63) is 47.5 Å². The highest BCUT2D eigenvalue weighted by Crippen LogP contribution is 2.29. The van der Waals surface area contributed by atoms with E-state index in [0.717, 1.165) is 12.1 Å². The summed E-state index contributed by atoms with van der Waals surface area (Å²) in [5.41, 5.74) is -0.383. The number of aryl methyl sites for hydroxylation is 1. The zero-order chi connectivity index (χ0) is 13.3. The van der Waals surface area contributed by atoms with Gasteiger partial charge >= 0.3 is 6.18 Å². The normalized spacial score (nSPS) is 13.6. The fourth-order valence-electron chi connectivity index (χ4n) is 1.47. The average molecular weight is 257 g/mol. The van der Waals surface area contributed by atoms with Crippen molar-refractivity contribution in [1.29, 1.82) is 0 Å². The second kappa shape index (κ2) is 4.41. The van der Waals surface area contributed by atoms with E-state index in [9.17, 15) is 18.3 Å². The Morgan fingerprint density at radius 2 is 1.94 bits per heavy atom. The minimum Gasteiger partial charge on any atom is -0.380 e. The number of alkyl halides is 3. The lowest BCUT2D eigenvalue weighted by atomic mass is 10.1. The van der Waals surface area contributed by atoms with Gasteiger partial charge in [-0.25, -0.2) is 0 Å². The van der Waals surface area contributed by atoms with E-state index in [2.05, 4.69) is 10.1 Å². The average Bonchev–Trinajstić information content (AvgIpc) is 2.74. The summed E-state index contributed by atoms with van der Waals surface area (Å²) in [7, 11) is 1.68. The van der Waals surface area contributed by atoms with Crippen molar-refractivity contribution in [2.75, 3.05) is 0 Å². The van der Waals surface area contributed by atoms with Gasteiger partial charge in [-0.1, -0.05) is 0 Å². The number of aliphatic hydroxyl groups is 1. The van der Waals surface area contributed by atoms with Gasteiger partial charge in [0, 0.05) is 19.4 Å². The first-order valence-electron chi connectivity index (χ1n) is 5.08. The van der Waals surface area contributed by atoms with Gasteiger partial charge in [0.05, 0.1) is 17.0 Å². The number of nitrogens with zero attached hydrogens (tertiary/aromatic N) is 3. The number of hydrogen-bond acceptors (Lipinski definition) is 3. The predicted octanol–water partition coefficient (Wildman–Crippen LogP) is 1.92. The van der Waals surface area contributed by atoms with Crippen LogP contribution in [-0.4, -0.2) is 19.9 Å². The van der Waals surface area contributed by atoms with Crippen LogP contribution in [0, 0.1) is 0 Å². The molecular weight excluding hydrogens is 247 g/mol. The van der Waals surface area contributed by atoms with Gasteiger partial charge in [0.15, 0.2) is 0 Å². The van der Waals surface area contributed by atoms with Crippen molar-refractivity contribution in [2.24, 2.45) is 7.05 Å². The molecule has 2 rings (SSSR count). The van der Waals surface area contributed by atoms with E-state index in [4.69, 9.17) is 0 Å². The highest BCUT2D eigenvalue weighted by atomic mass is 19.4. The molecule has 0 fully saturated rings. The van der Waals surface area contributed by atoms with Crippen LogP contribution in [0.25, 0.3) is 0 Å². The molecule has 2 aromatic heterocycles. The second-order valence-electron chi connectivity index (χ2n) is 3.79. The molecule has 2 heterocycles. The summed E-state index contributed by atoms with van der Waals surface area (Å²) >= 11 is 0. The lowest BCUT2D eigenvalue weighted by Gasteiger charge is -2.09. The minimum atomic E-state index is -4.43. The van der Waals surface area contributed by atoms with Gasteiger partial charge in [-0.05, 0) is 18.2 Å². The Kier molecular flexibility index (Phi) is 3.08. The van der Waals surface area contributed by atoms with Crippen LogP contribution in [0.5, 0.6) is 0 Å². The quantitative estimate of drug-likeness (QED) is 0.894. The maximum atomic E-state index is 12.3. The number of rotatable bonds is 2. The largest absolute Gasteiger partial charge is 0.417 e. The number of hydrogen-bond donors (Lipinski definition) is 1. The SMILES string of the molecule is Cn1ccc(C(O)c2ccc(C(F)(F)F)cn2)n1. The molecule has 0 saturated carbocycles. The number of halogens is 3. The first kappa shape index (κ1) is 12.6. The molecule has 2 aromatic rings. The van der Waals surface area contributed by atoms with Crippen molar-refractivity contribution in [2.45, 2.75) is 12.3 Å². The molecule has 1 unspecified atom stereocenters. The van der Waals surface area contributed by atoms with Crippen LogP contribution in [0.1, 0.15) is 23.1 Å². The lowest BCUT2D eigenvalue weighted by molar-refractivity contribution is -0.137. The molecule has 1 atom stereocenters. The van der Waals surface area contributed by atoms with Crippen LogP contribution >= 0.6 is 0 Å². The summed E-state index contributed by atoms with van der Waals surface area (Å²) in [6.07, 6.45) is -3.24. The van der Waals surface area contributed by atoms with Crippen LogP contribution in [-0.2, 0) is 13.2 Å². The Labute approximate surface area is 101 Å². The summed E-state index contributed by atoms with van der Waals surface area (Å²) in [4.78, 5) is 3.61. The highest BCUT2D eigenvalue weighted by Gasteiger charge is 2.31. The molecule has 0 amide bonds. The third-order valence-electron chi connectivity index (χ3n) is 2.41. The van der Waals surface area contributed by atoms with Gasteiger partial charge < -0.3 is 5.11 Å². The maximum absolute atomic E-state index is 12.3. The highest BCUT2D eigenvalue weighted by molar-refractivity contribution is 5.22. The molecule has 0 aliphatic carbocycles. The molecule has 0 aromatic carbocycles. The first-order chi connectivity index (χ1) is 8.38. The molecule has 4 nitrogen and oxygen atoms in total. The van der Waals surface area contributed by atoms with Gasteiger partial charge in [0.25, 0.3) is 0 Å². The van der Waals surface area contributed by atoms with Crippen LogP contribution in [0.3, 0.4) is 0 Å². The van der Waals surface area contributed by atoms with E-state index in [1.54, 1.807) is 19.3 Å². The van der Waals surface area contributed by atoms with Gasteiger partial charge in [-0.15, -0.1) is 0 Å². The zero-order valence-corrected chi connectivity index (χ0v) is 9.39. The van der Waals surface area contributed by atoms with E-state index in [1.807, 2.05) is 0 Å². The van der Waals surface area contributed by atoms with Gasteiger partial charge in [0.1, 0.15) is 6.10 Å². The van der Waals surface area contributed by atoms with Crippen LogP contribution in [0.4, 0.5) is 13.2 Å². The summed E-state index contributed by atoms with van der Waals surface area (Å²) in [6.45, 7) is 0.